The zero-order chi connectivity index (χ0) is 27.4. The number of benzene rings is 3. The van der Waals surface area contributed by atoms with Crippen LogP contribution in [0.5, 0.6) is 0 Å². The Hall–Kier alpha value is -4.07. The number of carbonyl (C=O) groups is 2. The maximum absolute atomic E-state index is 14.0. The second kappa shape index (κ2) is 11.8. The van der Waals surface area contributed by atoms with Gasteiger partial charge >= 0.3 is 0 Å². The van der Waals surface area contributed by atoms with Crippen LogP contribution in [0.15, 0.2) is 89.4 Å². The molecule has 39 heavy (non-hydrogen) atoms. The van der Waals surface area contributed by atoms with E-state index in [1.165, 1.54) is 18.2 Å². The molecular formula is C30H24Cl2FN3O3. The number of hydrogen-bond acceptors (Lipinski definition) is 4. The third-order valence-corrected chi connectivity index (χ3v) is 6.94. The van der Waals surface area contributed by atoms with E-state index in [9.17, 15) is 14.0 Å². The van der Waals surface area contributed by atoms with Crippen LogP contribution < -0.4 is 10.2 Å². The number of piperazine rings is 1. The zero-order valence-electron chi connectivity index (χ0n) is 20.7. The van der Waals surface area contributed by atoms with E-state index < -0.39 is 5.82 Å². The van der Waals surface area contributed by atoms with Crippen molar-refractivity contribution in [1.29, 1.82) is 0 Å². The van der Waals surface area contributed by atoms with Crippen molar-refractivity contribution in [3.8, 4) is 11.3 Å². The molecule has 198 valence electrons. The molecule has 0 radical (unpaired) electrons. The number of furan rings is 1. The molecule has 1 fully saturated rings. The molecule has 1 saturated heterocycles. The smallest absolute Gasteiger partial charge is 0.256 e. The predicted molar refractivity (Wildman–Crippen MR) is 153 cm³/mol. The van der Waals surface area contributed by atoms with E-state index in [1.54, 1.807) is 53.4 Å². The minimum Gasteiger partial charge on any atom is -0.457 e. The molecule has 0 bridgehead atoms. The van der Waals surface area contributed by atoms with Crippen LogP contribution in [-0.4, -0.2) is 42.9 Å². The number of anilines is 2. The van der Waals surface area contributed by atoms with Crippen LogP contribution in [0, 0.1) is 5.82 Å². The lowest BCUT2D eigenvalue weighted by molar-refractivity contribution is -0.111. The molecule has 3 aromatic carbocycles. The zero-order valence-corrected chi connectivity index (χ0v) is 22.3. The first-order valence-electron chi connectivity index (χ1n) is 12.3. The molecule has 0 aliphatic carbocycles. The fraction of sp³-hybridized carbons (Fsp3) is 0.133. The lowest BCUT2D eigenvalue weighted by Crippen LogP contribution is -2.49. The predicted octanol–water partition coefficient (Wildman–Crippen LogP) is 7.01. The summed E-state index contributed by atoms with van der Waals surface area (Å²) in [4.78, 5) is 28.9. The number of halogens is 3. The van der Waals surface area contributed by atoms with E-state index in [0.29, 0.717) is 59.0 Å². The molecule has 0 atom stereocenters. The summed E-state index contributed by atoms with van der Waals surface area (Å²) >= 11 is 12.2. The van der Waals surface area contributed by atoms with Crippen LogP contribution in [-0.2, 0) is 4.79 Å². The van der Waals surface area contributed by atoms with Crippen LogP contribution in [0.3, 0.4) is 0 Å². The van der Waals surface area contributed by atoms with Crippen molar-refractivity contribution < 1.29 is 18.4 Å². The maximum atomic E-state index is 14.0. The van der Waals surface area contributed by atoms with Gasteiger partial charge in [-0.2, -0.15) is 0 Å². The molecule has 1 aliphatic rings. The largest absolute Gasteiger partial charge is 0.457 e. The molecule has 6 nitrogen and oxygen atoms in total. The number of hydrogen-bond donors (Lipinski definition) is 1. The van der Waals surface area contributed by atoms with Gasteiger partial charge in [0.25, 0.3) is 5.91 Å². The Bertz CT molecular complexity index is 1530. The average molecular weight is 564 g/mol. The summed E-state index contributed by atoms with van der Waals surface area (Å²) in [5.41, 5.74) is 2.43. The first kappa shape index (κ1) is 26.5. The molecule has 9 heteroatoms. The number of nitrogens with zero attached hydrogens (tertiary/aromatic N) is 2. The minimum absolute atomic E-state index is 0.0959. The Kier molecular flexibility index (Phi) is 8.00. The van der Waals surface area contributed by atoms with Gasteiger partial charge in [-0.3, -0.25) is 9.59 Å². The van der Waals surface area contributed by atoms with Gasteiger partial charge in [-0.15, -0.1) is 0 Å². The van der Waals surface area contributed by atoms with Gasteiger partial charge in [0.15, 0.2) is 0 Å². The first-order valence-corrected chi connectivity index (χ1v) is 13.1. The van der Waals surface area contributed by atoms with Gasteiger partial charge in [0.1, 0.15) is 17.3 Å². The van der Waals surface area contributed by atoms with E-state index in [1.807, 2.05) is 24.3 Å². The Balaban J connectivity index is 1.13. The number of carbonyl (C=O) groups excluding carboxylic acids is 2. The lowest BCUT2D eigenvalue weighted by atomic mass is 10.1. The third-order valence-electron chi connectivity index (χ3n) is 6.39. The van der Waals surface area contributed by atoms with Gasteiger partial charge in [0, 0.05) is 54.2 Å². The molecule has 2 amide bonds. The molecule has 1 aliphatic heterocycles. The summed E-state index contributed by atoms with van der Waals surface area (Å²) in [6.45, 7) is 2.24. The van der Waals surface area contributed by atoms with E-state index in [0.717, 1.165) is 5.69 Å². The van der Waals surface area contributed by atoms with Crippen molar-refractivity contribution in [3.05, 3.63) is 112 Å². The van der Waals surface area contributed by atoms with E-state index in [-0.39, 0.29) is 17.4 Å². The molecule has 1 aromatic heterocycles. The van der Waals surface area contributed by atoms with Crippen LogP contribution in [0.4, 0.5) is 15.8 Å². The SMILES string of the molecule is O=C(/C=C/c1ccc(-c2ccc(Cl)cc2Cl)o1)Nc1ccc(N2CCN(C(=O)c3ccccc3F)CC2)cc1. The first-order chi connectivity index (χ1) is 18.9. The highest BCUT2D eigenvalue weighted by molar-refractivity contribution is 6.36. The third kappa shape index (κ3) is 6.33. The maximum Gasteiger partial charge on any atom is 0.256 e. The second-order valence-corrected chi connectivity index (χ2v) is 9.80. The molecular weight excluding hydrogens is 540 g/mol. The minimum atomic E-state index is -0.505. The van der Waals surface area contributed by atoms with Gasteiger partial charge in [0.05, 0.1) is 10.6 Å². The summed E-state index contributed by atoms with van der Waals surface area (Å²) in [5.74, 6) is -0.0167. The van der Waals surface area contributed by atoms with Crippen molar-refractivity contribution in [2.75, 3.05) is 36.4 Å². The highest BCUT2D eigenvalue weighted by Gasteiger charge is 2.24. The lowest BCUT2D eigenvalue weighted by Gasteiger charge is -2.36. The van der Waals surface area contributed by atoms with E-state index >= 15 is 0 Å². The molecule has 0 saturated carbocycles. The van der Waals surface area contributed by atoms with Gasteiger partial charge in [-0.1, -0.05) is 35.3 Å². The molecule has 2 heterocycles. The molecule has 1 N–H and O–H groups in total. The summed E-state index contributed by atoms with van der Waals surface area (Å²) in [6.07, 6.45) is 2.98. The summed E-state index contributed by atoms with van der Waals surface area (Å²) < 4.78 is 19.8. The quantitative estimate of drug-likeness (QED) is 0.256. The highest BCUT2D eigenvalue weighted by atomic mass is 35.5. The van der Waals surface area contributed by atoms with Gasteiger partial charge in [-0.05, 0) is 72.8 Å². The molecule has 5 rings (SSSR count). The molecule has 4 aromatic rings. The van der Waals surface area contributed by atoms with Crippen LogP contribution >= 0.6 is 23.2 Å². The summed E-state index contributed by atoms with van der Waals surface area (Å²) in [7, 11) is 0. The van der Waals surface area contributed by atoms with Crippen LogP contribution in [0.2, 0.25) is 10.0 Å². The topological polar surface area (TPSA) is 65.8 Å². The standard InChI is InChI=1S/C30H24Cl2FN3O3/c31-20-5-12-24(26(32)19-20)28-13-10-23(39-28)11-14-29(37)34-21-6-8-22(9-7-21)35-15-17-36(18-16-35)30(38)25-3-1-2-4-27(25)33/h1-14,19H,15-18H2,(H,34,37)/b14-11+. The van der Waals surface area contributed by atoms with Crippen molar-refractivity contribution in [2.24, 2.45) is 0 Å². The number of rotatable bonds is 6. The Labute approximate surface area is 235 Å². The normalized spacial score (nSPS) is 13.6. The Morgan fingerprint density at radius 1 is 0.897 bits per heavy atom. The Morgan fingerprint density at radius 3 is 2.36 bits per heavy atom. The van der Waals surface area contributed by atoms with Gasteiger partial charge < -0.3 is 19.5 Å². The molecule has 0 unspecified atom stereocenters. The fourth-order valence-electron chi connectivity index (χ4n) is 4.35. The molecule has 0 spiro atoms. The van der Waals surface area contributed by atoms with Gasteiger partial charge in [-0.25, -0.2) is 4.39 Å². The van der Waals surface area contributed by atoms with Crippen LogP contribution in [0.25, 0.3) is 17.4 Å². The van der Waals surface area contributed by atoms with E-state index in [2.05, 4.69) is 10.2 Å². The van der Waals surface area contributed by atoms with Crippen molar-refractivity contribution in [2.45, 2.75) is 0 Å². The van der Waals surface area contributed by atoms with E-state index in [4.69, 9.17) is 27.6 Å². The average Bonchev–Trinajstić information content (AvgIpc) is 3.41. The fourth-order valence-corrected chi connectivity index (χ4v) is 4.85. The van der Waals surface area contributed by atoms with Gasteiger partial charge in [0.2, 0.25) is 5.91 Å². The van der Waals surface area contributed by atoms with Crippen molar-refractivity contribution in [3.63, 3.8) is 0 Å². The number of nitrogens with one attached hydrogen (secondary N) is 1. The highest BCUT2D eigenvalue weighted by Crippen LogP contribution is 2.31. The monoisotopic (exact) mass is 563 g/mol. The van der Waals surface area contributed by atoms with Crippen LogP contribution in [0.1, 0.15) is 16.1 Å². The van der Waals surface area contributed by atoms with Crippen molar-refractivity contribution in [1.82, 2.24) is 4.90 Å². The number of amides is 2. The second-order valence-electron chi connectivity index (χ2n) is 8.95. The van der Waals surface area contributed by atoms with Crippen molar-refractivity contribution >= 4 is 52.5 Å². The summed E-state index contributed by atoms with van der Waals surface area (Å²) in [6, 6.07) is 22.2. The summed E-state index contributed by atoms with van der Waals surface area (Å²) in [5, 5.41) is 3.85. The Morgan fingerprint density at radius 2 is 1.64 bits per heavy atom.